The second-order valence-corrected chi connectivity index (χ2v) is 7.90. The van der Waals surface area contributed by atoms with Crippen LogP contribution in [0.1, 0.15) is 18.8 Å². The first-order valence-electron chi connectivity index (χ1n) is 4.86. The molecule has 9 heteroatoms. The van der Waals surface area contributed by atoms with Crippen LogP contribution in [0.3, 0.4) is 0 Å². The van der Waals surface area contributed by atoms with Gasteiger partial charge in [-0.1, -0.05) is 0 Å². The van der Waals surface area contributed by atoms with Gasteiger partial charge in [0.25, 0.3) is 0 Å². The monoisotopic (exact) mass is 281 g/mol. The second kappa shape index (κ2) is 5.15. The van der Waals surface area contributed by atoms with Gasteiger partial charge in [0.2, 0.25) is 10.0 Å². The lowest BCUT2D eigenvalue weighted by molar-refractivity contribution is 0.560. The molecule has 0 aliphatic rings. The van der Waals surface area contributed by atoms with Crippen LogP contribution in [0.4, 0.5) is 0 Å². The molecule has 7 nitrogen and oxygen atoms in total. The molecule has 2 N–H and O–H groups in total. The average Bonchev–Trinajstić information content (AvgIpc) is 2.66. The number of rotatable bonds is 6. The lowest BCUT2D eigenvalue weighted by atomic mass is 10.3. The third kappa shape index (κ3) is 5.29. The summed E-state index contributed by atoms with van der Waals surface area (Å²) in [5, 5.41) is 0. The van der Waals surface area contributed by atoms with Gasteiger partial charge in [-0.25, -0.2) is 26.5 Å². The first kappa shape index (κ1) is 14.1. The highest BCUT2D eigenvalue weighted by Gasteiger charge is 2.19. The van der Waals surface area contributed by atoms with E-state index in [-0.39, 0.29) is 0 Å². The summed E-state index contributed by atoms with van der Waals surface area (Å²) in [5.74, 6) is -0.364. The van der Waals surface area contributed by atoms with E-state index in [4.69, 9.17) is 0 Å². The van der Waals surface area contributed by atoms with Crippen molar-refractivity contribution in [3.63, 3.8) is 0 Å². The molecule has 1 unspecified atom stereocenters. The molecule has 17 heavy (non-hydrogen) atoms. The van der Waals surface area contributed by atoms with Gasteiger partial charge in [-0.2, -0.15) is 0 Å². The maximum atomic E-state index is 11.6. The van der Waals surface area contributed by atoms with Gasteiger partial charge < -0.3 is 4.98 Å². The van der Waals surface area contributed by atoms with E-state index in [1.54, 1.807) is 13.1 Å². The van der Waals surface area contributed by atoms with E-state index in [1.165, 1.54) is 6.20 Å². The molecule has 0 aliphatic heterocycles. The number of imidazole rings is 1. The van der Waals surface area contributed by atoms with Gasteiger partial charge >= 0.3 is 0 Å². The van der Waals surface area contributed by atoms with Crippen molar-refractivity contribution < 1.29 is 16.8 Å². The zero-order valence-corrected chi connectivity index (χ0v) is 11.2. The summed E-state index contributed by atoms with van der Waals surface area (Å²) in [6.45, 7) is 1.62. The molecule has 1 atom stereocenters. The largest absolute Gasteiger partial charge is 0.347 e. The highest BCUT2D eigenvalue weighted by Crippen LogP contribution is 2.07. The number of sulfone groups is 1. The Hall–Kier alpha value is -0.930. The van der Waals surface area contributed by atoms with Gasteiger partial charge in [-0.15, -0.1) is 0 Å². The Balaban J connectivity index is 2.61. The summed E-state index contributed by atoms with van der Waals surface area (Å²) in [4.78, 5) is 6.68. The predicted molar refractivity (Wildman–Crippen MR) is 63.6 cm³/mol. The van der Waals surface area contributed by atoms with Crippen LogP contribution in [0.25, 0.3) is 0 Å². The minimum Gasteiger partial charge on any atom is -0.347 e. The standard InChI is InChI=1S/C8H15N3O4S2/c1-7(8-9-3-4-10-8)11-17(14,15)6-5-16(2,12)13/h3-4,7,11H,5-6H2,1-2H3,(H,9,10). The predicted octanol–water partition coefficient (Wildman–Crippen LogP) is -0.565. The number of nitrogens with one attached hydrogen (secondary N) is 2. The van der Waals surface area contributed by atoms with Crippen molar-refractivity contribution in [3.8, 4) is 0 Å². The number of aromatic nitrogens is 2. The Bertz CT molecular complexity index is 548. The third-order valence-electron chi connectivity index (χ3n) is 2.01. The number of H-pyrrole nitrogens is 1. The van der Waals surface area contributed by atoms with E-state index in [1.807, 2.05) is 0 Å². The van der Waals surface area contributed by atoms with Crippen LogP contribution in [0.2, 0.25) is 0 Å². The van der Waals surface area contributed by atoms with E-state index >= 15 is 0 Å². The van der Waals surface area contributed by atoms with Gasteiger partial charge in [-0.05, 0) is 6.92 Å². The van der Waals surface area contributed by atoms with E-state index in [0.29, 0.717) is 5.82 Å². The van der Waals surface area contributed by atoms with Crippen molar-refractivity contribution in [2.45, 2.75) is 13.0 Å². The van der Waals surface area contributed by atoms with E-state index in [0.717, 1.165) is 6.26 Å². The fourth-order valence-corrected chi connectivity index (χ4v) is 4.02. The zero-order chi connectivity index (χ0) is 13.1. The van der Waals surface area contributed by atoms with Crippen LogP contribution >= 0.6 is 0 Å². The highest BCUT2D eigenvalue weighted by molar-refractivity contribution is 7.93. The molecule has 1 rings (SSSR count). The fourth-order valence-electron chi connectivity index (χ4n) is 1.16. The molecular weight excluding hydrogens is 266 g/mol. The molecule has 0 saturated carbocycles. The van der Waals surface area contributed by atoms with Crippen LogP contribution in [0.15, 0.2) is 12.4 Å². The van der Waals surface area contributed by atoms with Crippen LogP contribution in [0.5, 0.6) is 0 Å². The first-order chi connectivity index (χ1) is 7.70. The molecular formula is C8H15N3O4S2. The summed E-state index contributed by atoms with van der Waals surface area (Å²) in [7, 11) is -6.92. The summed E-state index contributed by atoms with van der Waals surface area (Å²) in [6.07, 6.45) is 4.09. The lowest BCUT2D eigenvalue weighted by Crippen LogP contribution is -2.32. The molecule has 0 aromatic carbocycles. The molecule has 0 aliphatic carbocycles. The van der Waals surface area contributed by atoms with Gasteiger partial charge in [-0.3, -0.25) is 0 Å². The fraction of sp³-hybridized carbons (Fsp3) is 0.625. The Morgan fingerprint density at radius 2 is 2.00 bits per heavy atom. The molecule has 0 fully saturated rings. The maximum absolute atomic E-state index is 11.6. The number of nitrogens with zero attached hydrogens (tertiary/aromatic N) is 1. The van der Waals surface area contributed by atoms with Gasteiger partial charge in [0.05, 0.1) is 17.5 Å². The summed E-state index contributed by atoms with van der Waals surface area (Å²) < 4.78 is 47.2. The summed E-state index contributed by atoms with van der Waals surface area (Å²) >= 11 is 0. The quantitative estimate of drug-likeness (QED) is 0.726. The van der Waals surface area contributed by atoms with Crippen LogP contribution in [-0.4, -0.2) is 44.6 Å². The molecule has 1 aromatic heterocycles. The van der Waals surface area contributed by atoms with Crippen molar-refractivity contribution in [1.82, 2.24) is 14.7 Å². The molecule has 0 amide bonds. The molecule has 0 bridgehead atoms. The Labute approximate surface area is 101 Å². The van der Waals surface area contributed by atoms with Crippen LogP contribution in [0, 0.1) is 0 Å². The minimum absolute atomic E-state index is 0.396. The van der Waals surface area contributed by atoms with Crippen molar-refractivity contribution in [3.05, 3.63) is 18.2 Å². The summed E-state index contributed by atoms with van der Waals surface area (Å²) in [6, 6.07) is -0.519. The third-order valence-corrected chi connectivity index (χ3v) is 4.67. The number of aromatic amines is 1. The lowest BCUT2D eigenvalue weighted by Gasteiger charge is -2.11. The molecule has 0 radical (unpaired) electrons. The zero-order valence-electron chi connectivity index (χ0n) is 9.54. The van der Waals surface area contributed by atoms with Crippen molar-refractivity contribution in [2.24, 2.45) is 0 Å². The Morgan fingerprint density at radius 3 is 2.47 bits per heavy atom. The van der Waals surface area contributed by atoms with E-state index < -0.39 is 37.4 Å². The molecule has 98 valence electrons. The molecule has 1 heterocycles. The summed E-state index contributed by atoms with van der Waals surface area (Å²) in [5.41, 5.74) is 0. The van der Waals surface area contributed by atoms with Gasteiger partial charge in [0.1, 0.15) is 15.7 Å². The van der Waals surface area contributed by atoms with Gasteiger partial charge in [0, 0.05) is 18.6 Å². The normalized spacial score (nSPS) is 14.7. The maximum Gasteiger partial charge on any atom is 0.213 e. The Morgan fingerprint density at radius 1 is 1.35 bits per heavy atom. The Kier molecular flexibility index (Phi) is 4.28. The SMILES string of the molecule is CC(NS(=O)(=O)CCS(C)(=O)=O)c1ncc[nH]1. The van der Waals surface area contributed by atoms with Crippen molar-refractivity contribution >= 4 is 19.9 Å². The van der Waals surface area contributed by atoms with Crippen molar-refractivity contribution in [1.29, 1.82) is 0 Å². The van der Waals surface area contributed by atoms with E-state index in [2.05, 4.69) is 14.7 Å². The molecule has 1 aromatic rings. The smallest absolute Gasteiger partial charge is 0.213 e. The van der Waals surface area contributed by atoms with Gasteiger partial charge in [0.15, 0.2) is 0 Å². The molecule has 0 spiro atoms. The minimum atomic E-state index is -3.63. The number of hydrogen-bond acceptors (Lipinski definition) is 5. The average molecular weight is 281 g/mol. The molecule has 0 saturated heterocycles. The first-order valence-corrected chi connectivity index (χ1v) is 8.58. The van der Waals surface area contributed by atoms with Crippen molar-refractivity contribution in [2.75, 3.05) is 17.8 Å². The van der Waals surface area contributed by atoms with Crippen LogP contribution in [-0.2, 0) is 19.9 Å². The number of hydrogen-bond donors (Lipinski definition) is 2. The van der Waals surface area contributed by atoms with Crippen LogP contribution < -0.4 is 4.72 Å². The second-order valence-electron chi connectivity index (χ2n) is 3.76. The highest BCUT2D eigenvalue weighted by atomic mass is 32.2. The van der Waals surface area contributed by atoms with E-state index in [9.17, 15) is 16.8 Å². The topological polar surface area (TPSA) is 109 Å². The number of sulfonamides is 1.